The molecule has 1 aliphatic carbocycles. The Morgan fingerprint density at radius 1 is 1.12 bits per heavy atom. The second-order valence-corrected chi connectivity index (χ2v) is 12.3. The van der Waals surface area contributed by atoms with Crippen LogP contribution in [0.2, 0.25) is 0 Å². The molecule has 1 N–H and O–H groups in total. The van der Waals surface area contributed by atoms with Gasteiger partial charge in [-0.15, -0.1) is 0 Å². The zero-order chi connectivity index (χ0) is 29.4. The van der Waals surface area contributed by atoms with E-state index in [0.29, 0.717) is 19.4 Å². The molecule has 1 unspecified atom stereocenters. The zero-order valence-electron chi connectivity index (χ0n) is 24.7. The van der Waals surface area contributed by atoms with Gasteiger partial charge in [-0.2, -0.15) is 5.10 Å². The van der Waals surface area contributed by atoms with Crippen LogP contribution in [0.3, 0.4) is 0 Å². The standard InChI is InChI=1S/C32H39N5O5/c1-32(2,3)42-31(39)36(19-24-17-33-20-35(24)4)23-15-26(16-23)41-29-14-22(21-8-10-25(38)11-9-21)13-28-27(29)18-34-37(28)30-7-5-6-12-40-30/h8-11,13-14,17-18,20,23,26,30,38H,5-7,12,15-16,19H2,1-4H3. The van der Waals surface area contributed by atoms with E-state index in [1.807, 2.05) is 61.5 Å². The number of hydrogen-bond donors (Lipinski definition) is 1. The van der Waals surface area contributed by atoms with E-state index in [0.717, 1.165) is 59.3 Å². The van der Waals surface area contributed by atoms with E-state index in [2.05, 4.69) is 11.1 Å². The van der Waals surface area contributed by atoms with Crippen LogP contribution in [-0.2, 0) is 23.1 Å². The van der Waals surface area contributed by atoms with Crippen LogP contribution in [0, 0.1) is 0 Å². The number of aromatic hydroxyl groups is 1. The number of amides is 1. The highest BCUT2D eigenvalue weighted by atomic mass is 16.6. The second kappa shape index (κ2) is 11.3. The van der Waals surface area contributed by atoms with Gasteiger partial charge in [0, 0.05) is 38.7 Å². The third kappa shape index (κ3) is 5.94. The summed E-state index contributed by atoms with van der Waals surface area (Å²) in [4.78, 5) is 19.3. The summed E-state index contributed by atoms with van der Waals surface area (Å²) in [6.07, 6.45) is 9.30. The summed E-state index contributed by atoms with van der Waals surface area (Å²) < 4.78 is 22.3. The molecule has 0 radical (unpaired) electrons. The SMILES string of the molecule is Cn1cncc1CN(C(=O)OC(C)(C)C)C1CC(Oc2cc(-c3ccc(O)cc3)cc3c2cnn3C2CCCCO2)C1. The average Bonchev–Trinajstić information content (AvgIpc) is 3.55. The van der Waals surface area contributed by atoms with Crippen LogP contribution in [0.4, 0.5) is 4.79 Å². The Morgan fingerprint density at radius 2 is 1.90 bits per heavy atom. The minimum atomic E-state index is -0.593. The van der Waals surface area contributed by atoms with Crippen LogP contribution in [-0.4, -0.2) is 59.8 Å². The third-order valence-electron chi connectivity index (χ3n) is 7.99. The number of phenols is 1. The van der Waals surface area contributed by atoms with Gasteiger partial charge in [-0.3, -0.25) is 4.90 Å². The van der Waals surface area contributed by atoms with Crippen LogP contribution in [0.1, 0.15) is 64.8 Å². The predicted molar refractivity (Wildman–Crippen MR) is 158 cm³/mol. The van der Waals surface area contributed by atoms with Gasteiger partial charge in [-0.05, 0) is 75.4 Å². The fourth-order valence-electron chi connectivity index (χ4n) is 5.62. The molecule has 1 saturated carbocycles. The summed E-state index contributed by atoms with van der Waals surface area (Å²) in [7, 11) is 1.92. The molecular weight excluding hydrogens is 534 g/mol. The Morgan fingerprint density at radius 3 is 2.57 bits per heavy atom. The van der Waals surface area contributed by atoms with Crippen LogP contribution in [0.25, 0.3) is 22.0 Å². The normalized spacial score (nSPS) is 20.7. The fraction of sp³-hybridized carbons (Fsp3) is 0.469. The molecule has 3 heterocycles. The fourth-order valence-corrected chi connectivity index (χ4v) is 5.62. The third-order valence-corrected chi connectivity index (χ3v) is 7.99. The summed E-state index contributed by atoms with van der Waals surface area (Å²) in [5, 5.41) is 15.5. The summed E-state index contributed by atoms with van der Waals surface area (Å²) in [5.41, 5.74) is 3.23. The van der Waals surface area contributed by atoms with E-state index in [-0.39, 0.29) is 30.2 Å². The molecule has 222 valence electrons. The number of benzene rings is 2. The molecule has 1 saturated heterocycles. The van der Waals surface area contributed by atoms with Gasteiger partial charge in [0.1, 0.15) is 23.2 Å². The quantitative estimate of drug-likeness (QED) is 0.281. The molecule has 2 fully saturated rings. The van der Waals surface area contributed by atoms with E-state index in [9.17, 15) is 9.90 Å². The first-order chi connectivity index (χ1) is 20.1. The molecule has 10 nitrogen and oxygen atoms in total. The van der Waals surface area contributed by atoms with Crippen LogP contribution >= 0.6 is 0 Å². The van der Waals surface area contributed by atoms with Crippen molar-refractivity contribution in [3.8, 4) is 22.6 Å². The molecule has 1 atom stereocenters. The molecule has 2 aromatic heterocycles. The van der Waals surface area contributed by atoms with Gasteiger partial charge >= 0.3 is 6.09 Å². The monoisotopic (exact) mass is 573 g/mol. The van der Waals surface area contributed by atoms with E-state index in [4.69, 9.17) is 19.3 Å². The lowest BCUT2D eigenvalue weighted by atomic mass is 9.87. The number of rotatable bonds is 7. The zero-order valence-corrected chi connectivity index (χ0v) is 24.7. The van der Waals surface area contributed by atoms with Gasteiger partial charge in [0.2, 0.25) is 0 Å². The van der Waals surface area contributed by atoms with Crippen molar-refractivity contribution in [2.24, 2.45) is 7.05 Å². The molecule has 4 aromatic rings. The van der Waals surface area contributed by atoms with Crippen molar-refractivity contribution in [2.45, 2.75) is 83.4 Å². The van der Waals surface area contributed by atoms with Crippen LogP contribution in [0.15, 0.2) is 55.1 Å². The maximum Gasteiger partial charge on any atom is 0.410 e. The number of ether oxygens (including phenoxy) is 3. The summed E-state index contributed by atoms with van der Waals surface area (Å²) >= 11 is 0. The van der Waals surface area contributed by atoms with Gasteiger partial charge in [0.25, 0.3) is 0 Å². The van der Waals surface area contributed by atoms with Gasteiger partial charge in [-0.1, -0.05) is 12.1 Å². The predicted octanol–water partition coefficient (Wildman–Crippen LogP) is 6.19. The molecule has 0 spiro atoms. The number of aromatic nitrogens is 4. The molecule has 6 rings (SSSR count). The van der Waals surface area contributed by atoms with Crippen LogP contribution in [0.5, 0.6) is 11.5 Å². The molecular formula is C32H39N5O5. The summed E-state index contributed by atoms with van der Waals surface area (Å²) in [6, 6.07) is 11.3. The maximum atomic E-state index is 13.2. The summed E-state index contributed by atoms with van der Waals surface area (Å²) in [5.74, 6) is 0.967. The van der Waals surface area contributed by atoms with Gasteiger partial charge in [-0.25, -0.2) is 14.5 Å². The number of phenolic OH excluding ortho intramolecular Hbond substituents is 1. The number of imidazole rings is 1. The van der Waals surface area contributed by atoms with Gasteiger partial charge in [0.15, 0.2) is 6.23 Å². The minimum absolute atomic E-state index is 0.0196. The first kappa shape index (κ1) is 28.1. The second-order valence-electron chi connectivity index (χ2n) is 12.3. The van der Waals surface area contributed by atoms with Crippen LogP contribution < -0.4 is 4.74 Å². The van der Waals surface area contributed by atoms with E-state index < -0.39 is 5.60 Å². The number of carbonyl (C=O) groups is 1. The molecule has 2 aromatic carbocycles. The van der Waals surface area contributed by atoms with Crippen molar-refractivity contribution >= 4 is 17.0 Å². The van der Waals surface area contributed by atoms with Crippen molar-refractivity contribution in [1.82, 2.24) is 24.2 Å². The summed E-state index contributed by atoms with van der Waals surface area (Å²) in [6.45, 7) is 6.78. The highest BCUT2D eigenvalue weighted by molar-refractivity contribution is 5.90. The number of nitrogens with zero attached hydrogens (tertiary/aromatic N) is 5. The molecule has 2 aliphatic rings. The Bertz CT molecular complexity index is 1540. The molecule has 0 bridgehead atoms. The first-order valence-corrected chi connectivity index (χ1v) is 14.7. The van der Waals surface area contributed by atoms with Crippen molar-refractivity contribution in [3.63, 3.8) is 0 Å². The lowest BCUT2D eigenvalue weighted by molar-refractivity contribution is -0.0366. The molecule has 10 heteroatoms. The highest BCUT2D eigenvalue weighted by Gasteiger charge is 2.40. The lowest BCUT2D eigenvalue weighted by Gasteiger charge is -2.42. The molecule has 1 aliphatic heterocycles. The number of carbonyl (C=O) groups excluding carboxylic acids is 1. The number of aryl methyl sites for hydroxylation is 1. The van der Waals surface area contributed by atoms with E-state index in [1.54, 1.807) is 29.6 Å². The Labute approximate surface area is 245 Å². The number of hydrogen-bond acceptors (Lipinski definition) is 7. The van der Waals surface area contributed by atoms with E-state index in [1.165, 1.54) is 0 Å². The Hall–Kier alpha value is -4.05. The van der Waals surface area contributed by atoms with Gasteiger partial charge in [0.05, 0.1) is 35.7 Å². The molecule has 42 heavy (non-hydrogen) atoms. The Kier molecular flexibility index (Phi) is 7.57. The van der Waals surface area contributed by atoms with Crippen molar-refractivity contribution in [3.05, 3.63) is 60.8 Å². The minimum Gasteiger partial charge on any atom is -0.508 e. The highest BCUT2D eigenvalue weighted by Crippen LogP contribution is 2.39. The maximum absolute atomic E-state index is 13.2. The van der Waals surface area contributed by atoms with Crippen molar-refractivity contribution < 1.29 is 24.1 Å². The van der Waals surface area contributed by atoms with Crippen molar-refractivity contribution in [2.75, 3.05) is 6.61 Å². The van der Waals surface area contributed by atoms with Gasteiger partial charge < -0.3 is 23.9 Å². The topological polar surface area (TPSA) is 104 Å². The lowest BCUT2D eigenvalue weighted by Crippen LogP contribution is -2.52. The van der Waals surface area contributed by atoms with Crippen molar-refractivity contribution in [1.29, 1.82) is 0 Å². The largest absolute Gasteiger partial charge is 0.508 e. The first-order valence-electron chi connectivity index (χ1n) is 14.7. The van der Waals surface area contributed by atoms with E-state index >= 15 is 0 Å². The average molecular weight is 574 g/mol. The Balaban J connectivity index is 1.26. The smallest absolute Gasteiger partial charge is 0.410 e. The molecule has 1 amide bonds. The number of fused-ring (bicyclic) bond motifs is 1.